The van der Waals surface area contributed by atoms with Crippen LogP contribution in [0.15, 0.2) is 4.52 Å². The summed E-state index contributed by atoms with van der Waals surface area (Å²) in [5.74, 6) is 1.26. The summed E-state index contributed by atoms with van der Waals surface area (Å²) in [7, 11) is 0. The molecule has 1 rings (SSSR count). The second-order valence-electron chi connectivity index (χ2n) is 3.61. The number of aromatic nitrogens is 2. The van der Waals surface area contributed by atoms with Crippen molar-refractivity contribution in [2.75, 3.05) is 19.6 Å². The van der Waals surface area contributed by atoms with Gasteiger partial charge in [-0.3, -0.25) is 0 Å². The van der Waals surface area contributed by atoms with Crippen LogP contribution in [0.4, 0.5) is 0 Å². The molecule has 0 spiro atoms. The maximum Gasteiger partial charge on any atom is 0.243 e. The number of hydrogen-bond acceptors (Lipinski definition) is 5. The van der Waals surface area contributed by atoms with Crippen molar-refractivity contribution in [1.29, 1.82) is 0 Å². The number of rotatable bonds is 6. The molecule has 1 aromatic rings. The van der Waals surface area contributed by atoms with Crippen LogP contribution in [0.3, 0.4) is 0 Å². The standard InChI is InChI=1S/C10H20N4O/c1-4-14(5-2)7-6-9-12-10(8(3)11)15-13-9/h8H,4-7,11H2,1-3H3. The lowest BCUT2D eigenvalue weighted by Crippen LogP contribution is -2.25. The number of nitrogens with two attached hydrogens (primary N) is 1. The van der Waals surface area contributed by atoms with Crippen LogP contribution in [-0.4, -0.2) is 34.7 Å². The maximum absolute atomic E-state index is 5.63. The number of nitrogens with zero attached hydrogens (tertiary/aromatic N) is 3. The van der Waals surface area contributed by atoms with Gasteiger partial charge in [0.05, 0.1) is 6.04 Å². The van der Waals surface area contributed by atoms with Crippen LogP contribution in [0.2, 0.25) is 0 Å². The molecule has 5 nitrogen and oxygen atoms in total. The molecule has 0 bridgehead atoms. The van der Waals surface area contributed by atoms with Crippen molar-refractivity contribution < 1.29 is 4.52 Å². The topological polar surface area (TPSA) is 68.2 Å². The van der Waals surface area contributed by atoms with Crippen LogP contribution in [0.1, 0.15) is 38.5 Å². The van der Waals surface area contributed by atoms with E-state index in [1.807, 2.05) is 6.92 Å². The maximum atomic E-state index is 5.63. The summed E-state index contributed by atoms with van der Waals surface area (Å²) >= 11 is 0. The van der Waals surface area contributed by atoms with Gasteiger partial charge in [-0.15, -0.1) is 0 Å². The lowest BCUT2D eigenvalue weighted by Gasteiger charge is -2.16. The molecule has 0 aliphatic rings. The van der Waals surface area contributed by atoms with Gasteiger partial charge >= 0.3 is 0 Å². The van der Waals surface area contributed by atoms with E-state index in [0.29, 0.717) is 5.89 Å². The van der Waals surface area contributed by atoms with Crippen molar-refractivity contribution in [2.24, 2.45) is 5.73 Å². The molecule has 0 amide bonds. The predicted octanol–water partition coefficient (Wildman–Crippen LogP) is 0.974. The quantitative estimate of drug-likeness (QED) is 0.761. The minimum Gasteiger partial charge on any atom is -0.338 e. The van der Waals surface area contributed by atoms with E-state index in [1.165, 1.54) is 0 Å². The van der Waals surface area contributed by atoms with E-state index in [0.717, 1.165) is 31.9 Å². The van der Waals surface area contributed by atoms with Gasteiger partial charge < -0.3 is 15.2 Å². The molecule has 1 heterocycles. The van der Waals surface area contributed by atoms with Crippen LogP contribution < -0.4 is 5.73 Å². The van der Waals surface area contributed by atoms with E-state index in [1.54, 1.807) is 0 Å². The Bertz CT molecular complexity index is 281. The molecule has 0 aliphatic heterocycles. The van der Waals surface area contributed by atoms with Gasteiger partial charge in [-0.2, -0.15) is 4.98 Å². The highest BCUT2D eigenvalue weighted by molar-refractivity contribution is 4.90. The monoisotopic (exact) mass is 212 g/mol. The first kappa shape index (κ1) is 12.1. The smallest absolute Gasteiger partial charge is 0.243 e. The minimum absolute atomic E-state index is 0.181. The van der Waals surface area contributed by atoms with Crippen molar-refractivity contribution in [3.05, 3.63) is 11.7 Å². The van der Waals surface area contributed by atoms with Crippen molar-refractivity contribution in [3.63, 3.8) is 0 Å². The fourth-order valence-corrected chi connectivity index (χ4v) is 1.35. The molecule has 0 saturated heterocycles. The van der Waals surface area contributed by atoms with E-state index < -0.39 is 0 Å². The van der Waals surface area contributed by atoms with E-state index >= 15 is 0 Å². The summed E-state index contributed by atoms with van der Waals surface area (Å²) in [6, 6.07) is -0.181. The van der Waals surface area contributed by atoms with Crippen molar-refractivity contribution >= 4 is 0 Å². The Morgan fingerprint density at radius 3 is 2.53 bits per heavy atom. The Morgan fingerprint density at radius 1 is 1.40 bits per heavy atom. The van der Waals surface area contributed by atoms with Crippen molar-refractivity contribution in [2.45, 2.75) is 33.2 Å². The van der Waals surface area contributed by atoms with E-state index in [9.17, 15) is 0 Å². The first-order valence-electron chi connectivity index (χ1n) is 5.47. The van der Waals surface area contributed by atoms with Crippen LogP contribution in [-0.2, 0) is 6.42 Å². The Morgan fingerprint density at radius 2 is 2.07 bits per heavy atom. The zero-order chi connectivity index (χ0) is 11.3. The Kier molecular flexibility index (Phi) is 4.71. The second kappa shape index (κ2) is 5.82. The molecule has 0 saturated carbocycles. The van der Waals surface area contributed by atoms with Gasteiger partial charge in [-0.25, -0.2) is 0 Å². The Labute approximate surface area is 90.6 Å². The van der Waals surface area contributed by atoms with Gasteiger partial charge in [-0.05, 0) is 20.0 Å². The highest BCUT2D eigenvalue weighted by Gasteiger charge is 2.10. The molecule has 5 heteroatoms. The molecular formula is C10H20N4O. The molecule has 1 atom stereocenters. The third-order valence-corrected chi connectivity index (χ3v) is 2.42. The number of hydrogen-bond donors (Lipinski definition) is 1. The van der Waals surface area contributed by atoms with Crippen LogP contribution in [0, 0.1) is 0 Å². The molecule has 0 aliphatic carbocycles. The van der Waals surface area contributed by atoms with Crippen LogP contribution in [0.25, 0.3) is 0 Å². The fraction of sp³-hybridized carbons (Fsp3) is 0.800. The fourth-order valence-electron chi connectivity index (χ4n) is 1.35. The lowest BCUT2D eigenvalue weighted by molar-refractivity contribution is 0.302. The summed E-state index contributed by atoms with van der Waals surface area (Å²) < 4.78 is 5.02. The van der Waals surface area contributed by atoms with Crippen molar-refractivity contribution in [1.82, 2.24) is 15.0 Å². The third-order valence-electron chi connectivity index (χ3n) is 2.42. The summed E-state index contributed by atoms with van der Waals surface area (Å²) in [4.78, 5) is 6.54. The molecule has 1 unspecified atom stereocenters. The summed E-state index contributed by atoms with van der Waals surface area (Å²) in [6.45, 7) is 9.19. The zero-order valence-electron chi connectivity index (χ0n) is 9.73. The normalized spacial score (nSPS) is 13.4. The van der Waals surface area contributed by atoms with E-state index in [-0.39, 0.29) is 6.04 Å². The third kappa shape index (κ3) is 3.60. The van der Waals surface area contributed by atoms with Crippen LogP contribution in [0.5, 0.6) is 0 Å². The van der Waals surface area contributed by atoms with Gasteiger partial charge in [0.1, 0.15) is 0 Å². The first-order chi connectivity index (χ1) is 7.17. The van der Waals surface area contributed by atoms with Gasteiger partial charge in [0, 0.05) is 13.0 Å². The highest BCUT2D eigenvalue weighted by atomic mass is 16.5. The molecule has 86 valence electrons. The molecule has 0 aromatic carbocycles. The van der Waals surface area contributed by atoms with Crippen molar-refractivity contribution in [3.8, 4) is 0 Å². The Hall–Kier alpha value is -0.940. The average molecular weight is 212 g/mol. The lowest BCUT2D eigenvalue weighted by atomic mass is 10.3. The zero-order valence-corrected chi connectivity index (χ0v) is 9.73. The average Bonchev–Trinajstić information content (AvgIpc) is 2.68. The second-order valence-corrected chi connectivity index (χ2v) is 3.61. The minimum atomic E-state index is -0.181. The van der Waals surface area contributed by atoms with Gasteiger partial charge in [0.15, 0.2) is 5.82 Å². The molecule has 2 N–H and O–H groups in total. The van der Waals surface area contributed by atoms with E-state index in [4.69, 9.17) is 10.3 Å². The summed E-state index contributed by atoms with van der Waals surface area (Å²) in [6.07, 6.45) is 0.817. The largest absolute Gasteiger partial charge is 0.338 e. The molecule has 1 aromatic heterocycles. The van der Waals surface area contributed by atoms with Crippen LogP contribution >= 0.6 is 0 Å². The highest BCUT2D eigenvalue weighted by Crippen LogP contribution is 2.06. The summed E-state index contributed by atoms with van der Waals surface area (Å²) in [5, 5.41) is 3.89. The molecular weight excluding hydrogens is 192 g/mol. The van der Waals surface area contributed by atoms with Gasteiger partial charge in [-0.1, -0.05) is 19.0 Å². The molecule has 0 fully saturated rings. The van der Waals surface area contributed by atoms with E-state index in [2.05, 4.69) is 28.9 Å². The predicted molar refractivity (Wildman–Crippen MR) is 58.4 cm³/mol. The van der Waals surface area contributed by atoms with Gasteiger partial charge in [0.25, 0.3) is 0 Å². The van der Waals surface area contributed by atoms with Gasteiger partial charge in [0.2, 0.25) is 5.89 Å². The first-order valence-corrected chi connectivity index (χ1v) is 5.47. The molecule has 0 radical (unpaired) electrons. The molecule has 15 heavy (non-hydrogen) atoms. The number of likely N-dealkylation sites (N-methyl/N-ethyl adjacent to an activating group) is 1. The Balaban J connectivity index is 2.43. The SMILES string of the molecule is CCN(CC)CCc1noc(C(C)N)n1. The summed E-state index contributed by atoms with van der Waals surface area (Å²) in [5.41, 5.74) is 5.63.